The number of carbonyl (C=O) groups is 2. The maximum absolute atomic E-state index is 11.9. The van der Waals surface area contributed by atoms with Crippen molar-refractivity contribution < 1.29 is 14.7 Å². The average molecular weight is 273 g/mol. The lowest BCUT2D eigenvalue weighted by Crippen LogP contribution is -2.29. The van der Waals surface area contributed by atoms with Gasteiger partial charge in [-0.05, 0) is 18.9 Å². The van der Waals surface area contributed by atoms with Crippen LogP contribution in [0.1, 0.15) is 24.0 Å². The van der Waals surface area contributed by atoms with Crippen LogP contribution in [0.4, 0.5) is 0 Å². The fraction of sp³-hybridized carbons (Fsp3) is 0.375. The molecule has 2 rings (SSSR count). The summed E-state index contributed by atoms with van der Waals surface area (Å²) in [5.74, 6) is -1.22. The third-order valence-electron chi connectivity index (χ3n) is 3.57. The second-order valence-electron chi connectivity index (χ2n) is 5.18. The Balaban J connectivity index is 1.83. The van der Waals surface area contributed by atoms with E-state index >= 15 is 0 Å². The van der Waals surface area contributed by atoms with Crippen LogP contribution in [0.25, 0.3) is 6.08 Å². The molecule has 106 valence electrons. The van der Waals surface area contributed by atoms with E-state index in [0.29, 0.717) is 25.9 Å². The van der Waals surface area contributed by atoms with Gasteiger partial charge in [0.2, 0.25) is 5.91 Å². The van der Waals surface area contributed by atoms with Gasteiger partial charge in [-0.3, -0.25) is 9.59 Å². The predicted octanol–water partition coefficient (Wildman–Crippen LogP) is 2.33. The van der Waals surface area contributed by atoms with Crippen molar-refractivity contribution in [1.82, 2.24) is 4.90 Å². The zero-order valence-corrected chi connectivity index (χ0v) is 11.6. The Morgan fingerprint density at radius 2 is 2.05 bits per heavy atom. The molecule has 0 saturated carbocycles. The third-order valence-corrected chi connectivity index (χ3v) is 3.57. The summed E-state index contributed by atoms with van der Waals surface area (Å²) in [6.07, 6.45) is 4.63. The van der Waals surface area contributed by atoms with E-state index in [9.17, 15) is 9.59 Å². The van der Waals surface area contributed by atoms with Gasteiger partial charge in [0, 0.05) is 19.5 Å². The molecule has 1 aromatic carbocycles. The molecule has 0 aromatic heterocycles. The molecule has 1 aliphatic rings. The lowest BCUT2D eigenvalue weighted by Gasteiger charge is -2.14. The summed E-state index contributed by atoms with van der Waals surface area (Å²) in [5.41, 5.74) is 2.27. The van der Waals surface area contributed by atoms with Gasteiger partial charge in [0.25, 0.3) is 0 Å². The molecule has 0 aliphatic carbocycles. The van der Waals surface area contributed by atoms with Gasteiger partial charge in [0.05, 0.1) is 5.92 Å². The van der Waals surface area contributed by atoms with E-state index in [1.807, 2.05) is 43.3 Å². The SMILES string of the molecule is Cc1ccc(/C=C/CC(=O)N2CCC(C(=O)O)C2)cc1. The van der Waals surface area contributed by atoms with Gasteiger partial charge in [-0.15, -0.1) is 0 Å². The number of aliphatic carboxylic acids is 1. The normalized spacial score (nSPS) is 18.6. The third kappa shape index (κ3) is 3.70. The summed E-state index contributed by atoms with van der Waals surface area (Å²) < 4.78 is 0. The molecule has 1 N–H and O–H groups in total. The van der Waals surface area contributed by atoms with Gasteiger partial charge in [0.1, 0.15) is 0 Å². The summed E-state index contributed by atoms with van der Waals surface area (Å²) in [7, 11) is 0. The Labute approximate surface area is 118 Å². The first-order valence-electron chi connectivity index (χ1n) is 6.80. The number of likely N-dealkylation sites (tertiary alicyclic amines) is 1. The minimum absolute atomic E-state index is 0.00267. The first kappa shape index (κ1) is 14.3. The number of amides is 1. The summed E-state index contributed by atoms with van der Waals surface area (Å²) in [6, 6.07) is 8.07. The lowest BCUT2D eigenvalue weighted by atomic mass is 10.1. The van der Waals surface area contributed by atoms with E-state index in [0.717, 1.165) is 5.56 Å². The topological polar surface area (TPSA) is 57.6 Å². The maximum Gasteiger partial charge on any atom is 0.308 e. The van der Waals surface area contributed by atoms with Crippen molar-refractivity contribution in [1.29, 1.82) is 0 Å². The quantitative estimate of drug-likeness (QED) is 0.916. The average Bonchev–Trinajstić information content (AvgIpc) is 2.91. The molecule has 0 spiro atoms. The molecule has 1 unspecified atom stereocenters. The number of hydrogen-bond donors (Lipinski definition) is 1. The molecule has 1 aliphatic heterocycles. The highest BCUT2D eigenvalue weighted by Crippen LogP contribution is 2.17. The van der Waals surface area contributed by atoms with E-state index in [2.05, 4.69) is 0 Å². The zero-order valence-electron chi connectivity index (χ0n) is 11.6. The molecule has 4 heteroatoms. The van der Waals surface area contributed by atoms with Crippen molar-refractivity contribution in [2.45, 2.75) is 19.8 Å². The molecule has 1 fully saturated rings. The van der Waals surface area contributed by atoms with Crippen LogP contribution in [0.3, 0.4) is 0 Å². The predicted molar refractivity (Wildman–Crippen MR) is 77.2 cm³/mol. The number of rotatable bonds is 4. The summed E-state index contributed by atoms with van der Waals surface area (Å²) in [6.45, 7) is 2.92. The molecule has 20 heavy (non-hydrogen) atoms. The van der Waals surface area contributed by atoms with E-state index in [-0.39, 0.29) is 5.91 Å². The first-order chi connectivity index (χ1) is 9.56. The minimum Gasteiger partial charge on any atom is -0.481 e. The Morgan fingerprint density at radius 3 is 2.65 bits per heavy atom. The summed E-state index contributed by atoms with van der Waals surface area (Å²) in [4.78, 5) is 24.4. The molecule has 1 atom stereocenters. The van der Waals surface area contributed by atoms with Crippen molar-refractivity contribution in [3.05, 3.63) is 41.5 Å². The number of nitrogens with zero attached hydrogens (tertiary/aromatic N) is 1. The second-order valence-corrected chi connectivity index (χ2v) is 5.18. The van der Waals surface area contributed by atoms with Crippen LogP contribution in [0.5, 0.6) is 0 Å². The van der Waals surface area contributed by atoms with Gasteiger partial charge >= 0.3 is 5.97 Å². The number of aryl methyl sites for hydroxylation is 1. The molecule has 4 nitrogen and oxygen atoms in total. The van der Waals surface area contributed by atoms with Crippen LogP contribution >= 0.6 is 0 Å². The van der Waals surface area contributed by atoms with Crippen molar-refractivity contribution >= 4 is 18.0 Å². The van der Waals surface area contributed by atoms with Crippen LogP contribution in [0.2, 0.25) is 0 Å². The van der Waals surface area contributed by atoms with Gasteiger partial charge in [-0.25, -0.2) is 0 Å². The molecular weight excluding hydrogens is 254 g/mol. The standard InChI is InChI=1S/C16H19NO3/c1-12-5-7-13(8-6-12)3-2-4-15(18)17-10-9-14(11-17)16(19)20/h2-3,5-8,14H,4,9-11H2,1H3,(H,19,20)/b3-2+. The molecule has 1 heterocycles. The lowest BCUT2D eigenvalue weighted by molar-refractivity contribution is -0.141. The minimum atomic E-state index is -0.810. The van der Waals surface area contributed by atoms with Gasteiger partial charge in [-0.2, -0.15) is 0 Å². The molecule has 1 aromatic rings. The van der Waals surface area contributed by atoms with E-state index in [1.165, 1.54) is 5.56 Å². The zero-order chi connectivity index (χ0) is 14.5. The van der Waals surface area contributed by atoms with Gasteiger partial charge in [0.15, 0.2) is 0 Å². The highest BCUT2D eigenvalue weighted by Gasteiger charge is 2.30. The van der Waals surface area contributed by atoms with Crippen molar-refractivity contribution in [3.63, 3.8) is 0 Å². The van der Waals surface area contributed by atoms with E-state index in [1.54, 1.807) is 4.90 Å². The molecule has 1 amide bonds. The number of hydrogen-bond acceptors (Lipinski definition) is 2. The Kier molecular flexibility index (Phi) is 4.56. The van der Waals surface area contributed by atoms with Gasteiger partial charge in [-0.1, -0.05) is 42.0 Å². The number of carboxylic acids is 1. The smallest absolute Gasteiger partial charge is 0.308 e. The van der Waals surface area contributed by atoms with E-state index < -0.39 is 11.9 Å². The number of benzene rings is 1. The highest BCUT2D eigenvalue weighted by molar-refractivity contribution is 5.80. The fourth-order valence-electron chi connectivity index (χ4n) is 2.29. The largest absolute Gasteiger partial charge is 0.481 e. The van der Waals surface area contributed by atoms with Crippen LogP contribution in [-0.4, -0.2) is 35.0 Å². The Morgan fingerprint density at radius 1 is 1.35 bits per heavy atom. The number of carbonyl (C=O) groups excluding carboxylic acids is 1. The van der Waals surface area contributed by atoms with Gasteiger partial charge < -0.3 is 10.0 Å². The molecule has 0 radical (unpaired) electrons. The maximum atomic E-state index is 11.9. The molecule has 0 bridgehead atoms. The van der Waals surface area contributed by atoms with Crippen molar-refractivity contribution in [3.8, 4) is 0 Å². The molecular formula is C16H19NO3. The second kappa shape index (κ2) is 6.37. The highest BCUT2D eigenvalue weighted by atomic mass is 16.4. The first-order valence-corrected chi connectivity index (χ1v) is 6.80. The van der Waals surface area contributed by atoms with E-state index in [4.69, 9.17) is 5.11 Å². The monoisotopic (exact) mass is 273 g/mol. The Hall–Kier alpha value is -2.10. The fourth-order valence-corrected chi connectivity index (χ4v) is 2.29. The van der Waals surface area contributed by atoms with Crippen molar-refractivity contribution in [2.75, 3.05) is 13.1 Å². The number of carboxylic acid groups (broad SMARTS) is 1. The Bertz CT molecular complexity index is 519. The van der Waals surface area contributed by atoms with Crippen LogP contribution in [-0.2, 0) is 9.59 Å². The van der Waals surface area contributed by atoms with Crippen molar-refractivity contribution in [2.24, 2.45) is 5.92 Å². The summed E-state index contributed by atoms with van der Waals surface area (Å²) >= 11 is 0. The van der Waals surface area contributed by atoms with Crippen LogP contribution in [0.15, 0.2) is 30.3 Å². The summed E-state index contributed by atoms with van der Waals surface area (Å²) in [5, 5.41) is 8.91. The van der Waals surface area contributed by atoms with Crippen LogP contribution in [0, 0.1) is 12.8 Å². The molecule has 1 saturated heterocycles. The van der Waals surface area contributed by atoms with Crippen LogP contribution < -0.4 is 0 Å².